The van der Waals surface area contributed by atoms with Crippen LogP contribution in [0.3, 0.4) is 0 Å². The molecule has 0 N–H and O–H groups in total. The standard InChI is InChI=1S/C14H19F6NO6S2/c1-10(2,3)9(22)8(7-21)28(23,24)13(17,18)12(15,16)14(19,20)29(25,26)27-11(4,5)6/h8H,1-6H3. The van der Waals surface area contributed by atoms with E-state index in [1.54, 1.807) is 0 Å². The van der Waals surface area contributed by atoms with E-state index in [4.69, 9.17) is 5.26 Å². The third-order valence-corrected chi connectivity index (χ3v) is 6.68. The van der Waals surface area contributed by atoms with Gasteiger partial charge in [0.1, 0.15) is 0 Å². The summed E-state index contributed by atoms with van der Waals surface area (Å²) in [6, 6.07) is 0.579. The third kappa shape index (κ3) is 4.69. The zero-order valence-corrected chi connectivity index (χ0v) is 17.7. The Balaban J connectivity index is 6.68. The monoisotopic (exact) mass is 475 g/mol. The second-order valence-electron chi connectivity index (χ2n) is 7.93. The van der Waals surface area contributed by atoms with Gasteiger partial charge in [0.2, 0.25) is 15.1 Å². The molecule has 0 rings (SSSR count). The molecule has 0 aromatic heterocycles. The lowest BCUT2D eigenvalue weighted by Crippen LogP contribution is -2.63. The molecule has 1 atom stereocenters. The van der Waals surface area contributed by atoms with Gasteiger partial charge in [0.15, 0.2) is 5.78 Å². The van der Waals surface area contributed by atoms with E-state index in [0.29, 0.717) is 6.07 Å². The maximum absolute atomic E-state index is 14.2. The van der Waals surface area contributed by atoms with Crippen LogP contribution in [0.25, 0.3) is 0 Å². The van der Waals surface area contributed by atoms with Gasteiger partial charge in [0.25, 0.3) is 0 Å². The van der Waals surface area contributed by atoms with Crippen molar-refractivity contribution >= 4 is 25.7 Å². The third-order valence-electron chi connectivity index (χ3n) is 3.17. The number of ketones is 1. The van der Waals surface area contributed by atoms with Crippen LogP contribution >= 0.6 is 0 Å². The molecule has 0 aliphatic carbocycles. The molecule has 0 aliphatic rings. The summed E-state index contributed by atoms with van der Waals surface area (Å²) in [5.74, 6) is -8.89. The molecular formula is C14H19F6NO6S2. The van der Waals surface area contributed by atoms with Crippen molar-refractivity contribution in [1.82, 2.24) is 0 Å². The Kier molecular flexibility index (Phi) is 7.02. The number of hydrogen-bond acceptors (Lipinski definition) is 7. The van der Waals surface area contributed by atoms with E-state index >= 15 is 0 Å². The molecule has 29 heavy (non-hydrogen) atoms. The first-order valence-corrected chi connectivity index (χ1v) is 10.5. The fourth-order valence-electron chi connectivity index (χ4n) is 1.70. The van der Waals surface area contributed by atoms with Gasteiger partial charge in [-0.2, -0.15) is 40.0 Å². The summed E-state index contributed by atoms with van der Waals surface area (Å²) in [6.07, 6.45) is 0. The van der Waals surface area contributed by atoms with Crippen molar-refractivity contribution in [3.8, 4) is 6.07 Å². The zero-order valence-electron chi connectivity index (χ0n) is 16.1. The van der Waals surface area contributed by atoms with Gasteiger partial charge in [-0.1, -0.05) is 20.8 Å². The van der Waals surface area contributed by atoms with Crippen LogP contribution < -0.4 is 0 Å². The SMILES string of the molecule is CC(C)(C)OS(=O)(=O)C(F)(F)C(F)(F)C(F)(F)S(=O)(=O)C(C#N)C(=O)C(C)(C)C. The highest BCUT2D eigenvalue weighted by molar-refractivity contribution is 7.94. The molecule has 0 radical (unpaired) electrons. The van der Waals surface area contributed by atoms with Crippen molar-refractivity contribution in [2.24, 2.45) is 5.41 Å². The largest absolute Gasteiger partial charge is 0.439 e. The van der Waals surface area contributed by atoms with Crippen molar-refractivity contribution in [2.45, 2.75) is 68.8 Å². The normalized spacial score (nSPS) is 16.2. The molecular weight excluding hydrogens is 456 g/mol. The first kappa shape index (κ1) is 27.6. The second-order valence-corrected chi connectivity index (χ2v) is 11.6. The van der Waals surface area contributed by atoms with Gasteiger partial charge in [0.05, 0.1) is 11.7 Å². The van der Waals surface area contributed by atoms with E-state index < -0.39 is 58.4 Å². The molecule has 0 saturated heterocycles. The molecule has 0 fully saturated rings. The number of halogens is 6. The maximum atomic E-state index is 14.2. The molecule has 0 heterocycles. The van der Waals surface area contributed by atoms with Crippen LogP contribution in [0.5, 0.6) is 0 Å². The lowest BCUT2D eigenvalue weighted by molar-refractivity contribution is -0.247. The topological polar surface area (TPSA) is 118 Å². The summed E-state index contributed by atoms with van der Waals surface area (Å²) in [5.41, 5.74) is -3.88. The number of alkyl halides is 6. The fraction of sp³-hybridized carbons (Fsp3) is 0.857. The van der Waals surface area contributed by atoms with Gasteiger partial charge >= 0.3 is 26.5 Å². The van der Waals surface area contributed by atoms with Gasteiger partial charge in [-0.25, -0.2) is 8.42 Å². The minimum Gasteiger partial charge on any atom is -0.296 e. The van der Waals surface area contributed by atoms with Gasteiger partial charge in [-0.05, 0) is 20.8 Å². The Morgan fingerprint density at radius 1 is 0.862 bits per heavy atom. The molecule has 0 aliphatic heterocycles. The molecule has 0 spiro atoms. The van der Waals surface area contributed by atoms with Crippen LogP contribution in [0.4, 0.5) is 26.3 Å². The number of sulfone groups is 1. The minimum absolute atomic E-state index is 0.579. The van der Waals surface area contributed by atoms with E-state index in [9.17, 15) is 48.0 Å². The zero-order chi connectivity index (χ0) is 24.1. The lowest BCUT2D eigenvalue weighted by atomic mass is 9.89. The number of carbonyl (C=O) groups is 1. The molecule has 0 bridgehead atoms. The van der Waals surface area contributed by atoms with Gasteiger partial charge in [-0.15, -0.1) is 0 Å². The van der Waals surface area contributed by atoms with Crippen molar-refractivity contribution in [3.63, 3.8) is 0 Å². The van der Waals surface area contributed by atoms with Crippen LogP contribution in [-0.4, -0.2) is 49.9 Å². The van der Waals surface area contributed by atoms with Gasteiger partial charge in [0, 0.05) is 5.41 Å². The molecule has 7 nitrogen and oxygen atoms in total. The van der Waals surface area contributed by atoms with Crippen LogP contribution in [-0.2, 0) is 28.9 Å². The summed E-state index contributed by atoms with van der Waals surface area (Å²) in [5, 5.41) is -8.26. The number of Topliss-reactive ketones (excluding diaryl/α,β-unsaturated/α-hetero) is 1. The maximum Gasteiger partial charge on any atom is 0.439 e. The van der Waals surface area contributed by atoms with Gasteiger partial charge in [-0.3, -0.25) is 8.98 Å². The van der Waals surface area contributed by atoms with E-state index in [1.807, 2.05) is 0 Å². The Hall–Kier alpha value is -1.40. The molecule has 1 unspecified atom stereocenters. The second kappa shape index (κ2) is 7.38. The smallest absolute Gasteiger partial charge is 0.296 e. The van der Waals surface area contributed by atoms with Crippen LogP contribution in [0.15, 0.2) is 0 Å². The van der Waals surface area contributed by atoms with Gasteiger partial charge < -0.3 is 0 Å². The molecule has 0 aromatic carbocycles. The van der Waals surface area contributed by atoms with Crippen LogP contribution in [0, 0.1) is 16.7 Å². The first-order valence-electron chi connectivity index (χ1n) is 7.57. The summed E-state index contributed by atoms with van der Waals surface area (Å²) in [7, 11) is -13.8. The summed E-state index contributed by atoms with van der Waals surface area (Å²) in [4.78, 5) is 11.9. The highest BCUT2D eigenvalue weighted by Crippen LogP contribution is 2.52. The molecule has 0 aromatic rings. The average molecular weight is 475 g/mol. The van der Waals surface area contributed by atoms with Crippen molar-refractivity contribution in [2.75, 3.05) is 0 Å². The number of nitrogens with zero attached hydrogens (tertiary/aromatic N) is 1. The Bertz CT molecular complexity index is 908. The van der Waals surface area contributed by atoms with Crippen LogP contribution in [0.1, 0.15) is 41.5 Å². The van der Waals surface area contributed by atoms with E-state index in [0.717, 1.165) is 41.5 Å². The summed E-state index contributed by atoms with van der Waals surface area (Å²) >= 11 is 0. The Morgan fingerprint density at radius 3 is 1.52 bits per heavy atom. The minimum atomic E-state index is -7.10. The number of hydrogen-bond donors (Lipinski definition) is 0. The predicted octanol–water partition coefficient (Wildman–Crippen LogP) is 2.87. The summed E-state index contributed by atoms with van der Waals surface area (Å²) < 4.78 is 135. The lowest BCUT2D eigenvalue weighted by Gasteiger charge is -2.34. The summed E-state index contributed by atoms with van der Waals surface area (Å²) in [6.45, 7) is 5.34. The quantitative estimate of drug-likeness (QED) is 0.410. The molecule has 170 valence electrons. The Morgan fingerprint density at radius 2 is 1.24 bits per heavy atom. The average Bonchev–Trinajstić information content (AvgIpc) is 2.43. The van der Waals surface area contributed by atoms with Crippen LogP contribution in [0.2, 0.25) is 0 Å². The van der Waals surface area contributed by atoms with Crippen molar-refractivity contribution in [1.29, 1.82) is 5.26 Å². The molecule has 0 saturated carbocycles. The van der Waals surface area contributed by atoms with E-state index in [2.05, 4.69) is 4.18 Å². The highest BCUT2D eigenvalue weighted by atomic mass is 32.2. The van der Waals surface area contributed by atoms with E-state index in [1.165, 1.54) is 0 Å². The fourth-order valence-corrected chi connectivity index (χ4v) is 4.52. The number of nitriles is 1. The highest BCUT2D eigenvalue weighted by Gasteiger charge is 2.83. The van der Waals surface area contributed by atoms with Crippen molar-refractivity contribution < 1.29 is 52.2 Å². The Labute approximate surface area is 164 Å². The van der Waals surface area contributed by atoms with Crippen molar-refractivity contribution in [3.05, 3.63) is 0 Å². The number of carbonyl (C=O) groups excluding carboxylic acids is 1. The first-order chi connectivity index (χ1) is 12.3. The van der Waals surface area contributed by atoms with E-state index in [-0.39, 0.29) is 0 Å². The molecule has 15 heteroatoms. The number of rotatable bonds is 7. The molecule has 0 amide bonds. The predicted molar refractivity (Wildman–Crippen MR) is 87.4 cm³/mol.